The van der Waals surface area contributed by atoms with Crippen LogP contribution >= 0.6 is 11.6 Å². The van der Waals surface area contributed by atoms with E-state index in [1.165, 1.54) is 0 Å². The molecule has 0 spiro atoms. The molecule has 0 saturated heterocycles. The van der Waals surface area contributed by atoms with E-state index >= 15 is 0 Å². The minimum atomic E-state index is -0.302. The molecule has 126 valence electrons. The second-order valence-corrected chi connectivity index (χ2v) is 5.91. The van der Waals surface area contributed by atoms with Crippen molar-refractivity contribution in [3.05, 3.63) is 46.5 Å². The standard InChI is InChI=1S/C18H18ClNO4/c1-22-15-7-4-10(16(23-2)17(15)24-3)8-13-12-6-5-11(19)9-14(12)20-18(13)21/h4-7,9,13H,8H2,1-3H3,(H,20,21)/t13-/m0/s1. The van der Waals surface area contributed by atoms with Crippen molar-refractivity contribution in [3.63, 3.8) is 0 Å². The van der Waals surface area contributed by atoms with Crippen LogP contribution in [0.5, 0.6) is 17.2 Å². The van der Waals surface area contributed by atoms with Crippen LogP contribution in [-0.2, 0) is 11.2 Å². The highest BCUT2D eigenvalue weighted by Crippen LogP contribution is 2.43. The van der Waals surface area contributed by atoms with Gasteiger partial charge in [0.05, 0.1) is 27.2 Å². The summed E-state index contributed by atoms with van der Waals surface area (Å²) in [6.07, 6.45) is 0.490. The maximum absolute atomic E-state index is 12.4. The first-order valence-corrected chi connectivity index (χ1v) is 7.85. The second kappa shape index (κ2) is 6.61. The number of halogens is 1. The van der Waals surface area contributed by atoms with Gasteiger partial charge in [-0.05, 0) is 35.7 Å². The number of methoxy groups -OCH3 is 3. The third-order valence-electron chi connectivity index (χ3n) is 4.17. The van der Waals surface area contributed by atoms with Crippen molar-refractivity contribution in [1.82, 2.24) is 0 Å². The van der Waals surface area contributed by atoms with Crippen LogP contribution < -0.4 is 19.5 Å². The van der Waals surface area contributed by atoms with Gasteiger partial charge in [0.1, 0.15) is 0 Å². The van der Waals surface area contributed by atoms with Crippen LogP contribution in [0, 0.1) is 0 Å². The fourth-order valence-corrected chi connectivity index (χ4v) is 3.22. The summed E-state index contributed by atoms with van der Waals surface area (Å²) in [5, 5.41) is 3.47. The van der Waals surface area contributed by atoms with E-state index in [9.17, 15) is 4.79 Å². The SMILES string of the molecule is COc1ccc(C[C@@H]2C(=O)Nc3cc(Cl)ccc32)c(OC)c1OC. The first-order chi connectivity index (χ1) is 11.6. The van der Waals surface area contributed by atoms with E-state index in [2.05, 4.69) is 5.32 Å². The van der Waals surface area contributed by atoms with Gasteiger partial charge in [-0.3, -0.25) is 4.79 Å². The second-order valence-electron chi connectivity index (χ2n) is 5.47. The van der Waals surface area contributed by atoms with Crippen molar-refractivity contribution in [1.29, 1.82) is 0 Å². The zero-order chi connectivity index (χ0) is 17.3. The van der Waals surface area contributed by atoms with E-state index < -0.39 is 0 Å². The number of benzene rings is 2. The molecule has 2 aromatic carbocycles. The Bertz CT molecular complexity index is 791. The van der Waals surface area contributed by atoms with E-state index in [1.54, 1.807) is 33.5 Å². The van der Waals surface area contributed by atoms with Crippen molar-refractivity contribution in [2.45, 2.75) is 12.3 Å². The van der Waals surface area contributed by atoms with Gasteiger partial charge in [0.2, 0.25) is 11.7 Å². The van der Waals surface area contributed by atoms with Crippen LogP contribution in [0.25, 0.3) is 0 Å². The number of ether oxygens (including phenoxy) is 3. The summed E-state index contributed by atoms with van der Waals surface area (Å²) in [6.45, 7) is 0. The Labute approximate surface area is 145 Å². The number of anilines is 1. The lowest BCUT2D eigenvalue weighted by Gasteiger charge is -2.17. The zero-order valence-corrected chi connectivity index (χ0v) is 14.4. The number of hydrogen-bond donors (Lipinski definition) is 1. The fraction of sp³-hybridized carbons (Fsp3) is 0.278. The van der Waals surface area contributed by atoms with Gasteiger partial charge in [0, 0.05) is 10.7 Å². The summed E-state index contributed by atoms with van der Waals surface area (Å²) in [6, 6.07) is 9.14. The Morgan fingerprint density at radius 3 is 2.46 bits per heavy atom. The maximum atomic E-state index is 12.4. The minimum Gasteiger partial charge on any atom is -0.493 e. The molecule has 0 fully saturated rings. The minimum absolute atomic E-state index is 0.0518. The third-order valence-corrected chi connectivity index (χ3v) is 4.41. The molecular weight excluding hydrogens is 330 g/mol. The molecule has 5 nitrogen and oxygen atoms in total. The van der Waals surface area contributed by atoms with Crippen LogP contribution in [0.15, 0.2) is 30.3 Å². The quantitative estimate of drug-likeness (QED) is 0.897. The van der Waals surface area contributed by atoms with E-state index in [0.29, 0.717) is 28.7 Å². The van der Waals surface area contributed by atoms with Gasteiger partial charge in [-0.25, -0.2) is 0 Å². The third kappa shape index (κ3) is 2.76. The predicted molar refractivity (Wildman–Crippen MR) is 92.6 cm³/mol. The highest BCUT2D eigenvalue weighted by molar-refractivity contribution is 6.31. The predicted octanol–water partition coefficient (Wildman–Crippen LogP) is 3.64. The molecule has 0 aromatic heterocycles. The first kappa shape index (κ1) is 16.5. The smallest absolute Gasteiger partial charge is 0.232 e. The summed E-state index contributed by atoms with van der Waals surface area (Å²) < 4.78 is 16.2. The van der Waals surface area contributed by atoms with Crippen molar-refractivity contribution in [2.24, 2.45) is 0 Å². The Balaban J connectivity index is 1.99. The van der Waals surface area contributed by atoms with Crippen molar-refractivity contribution in [2.75, 3.05) is 26.6 Å². The Kier molecular flexibility index (Phi) is 4.53. The number of hydrogen-bond acceptors (Lipinski definition) is 4. The monoisotopic (exact) mass is 347 g/mol. The van der Waals surface area contributed by atoms with Crippen LogP contribution in [0.3, 0.4) is 0 Å². The normalized spacial score (nSPS) is 15.7. The Hall–Kier alpha value is -2.40. The molecule has 1 amide bonds. The van der Waals surface area contributed by atoms with Crippen LogP contribution in [-0.4, -0.2) is 27.2 Å². The van der Waals surface area contributed by atoms with Gasteiger partial charge in [-0.15, -0.1) is 0 Å². The highest BCUT2D eigenvalue weighted by atomic mass is 35.5. The molecule has 6 heteroatoms. The van der Waals surface area contributed by atoms with Crippen LogP contribution in [0.4, 0.5) is 5.69 Å². The Morgan fingerprint density at radius 2 is 1.79 bits per heavy atom. The van der Waals surface area contributed by atoms with Crippen LogP contribution in [0.2, 0.25) is 5.02 Å². The van der Waals surface area contributed by atoms with E-state index in [1.807, 2.05) is 18.2 Å². The molecule has 0 radical (unpaired) electrons. The number of fused-ring (bicyclic) bond motifs is 1. The van der Waals surface area contributed by atoms with Crippen molar-refractivity contribution < 1.29 is 19.0 Å². The zero-order valence-electron chi connectivity index (χ0n) is 13.7. The molecule has 0 aliphatic carbocycles. The highest BCUT2D eigenvalue weighted by Gasteiger charge is 2.32. The summed E-state index contributed by atoms with van der Waals surface area (Å²) in [7, 11) is 4.70. The molecule has 24 heavy (non-hydrogen) atoms. The number of carbonyl (C=O) groups excluding carboxylic acids is 1. The molecule has 1 heterocycles. The molecule has 1 aliphatic heterocycles. The topological polar surface area (TPSA) is 56.8 Å². The lowest BCUT2D eigenvalue weighted by atomic mass is 9.92. The molecule has 0 saturated carbocycles. The first-order valence-electron chi connectivity index (χ1n) is 7.47. The van der Waals surface area contributed by atoms with E-state index in [4.69, 9.17) is 25.8 Å². The van der Waals surface area contributed by atoms with Crippen LogP contribution in [0.1, 0.15) is 17.0 Å². The van der Waals surface area contributed by atoms with Gasteiger partial charge < -0.3 is 19.5 Å². The average molecular weight is 348 g/mol. The molecule has 0 unspecified atom stereocenters. The largest absolute Gasteiger partial charge is 0.493 e. The molecule has 1 atom stereocenters. The fourth-order valence-electron chi connectivity index (χ4n) is 3.05. The van der Waals surface area contributed by atoms with Gasteiger partial charge >= 0.3 is 0 Å². The maximum Gasteiger partial charge on any atom is 0.232 e. The van der Waals surface area contributed by atoms with E-state index in [-0.39, 0.29) is 11.8 Å². The summed E-state index contributed by atoms with van der Waals surface area (Å²) >= 11 is 6.00. The van der Waals surface area contributed by atoms with E-state index in [0.717, 1.165) is 16.8 Å². The van der Waals surface area contributed by atoms with Gasteiger partial charge in [0.15, 0.2) is 11.5 Å². The number of amides is 1. The molecule has 2 aromatic rings. The molecule has 1 aliphatic rings. The lowest BCUT2D eigenvalue weighted by Crippen LogP contribution is -2.15. The molecule has 0 bridgehead atoms. The lowest BCUT2D eigenvalue weighted by molar-refractivity contribution is -0.117. The Morgan fingerprint density at radius 1 is 1.04 bits per heavy atom. The van der Waals surface area contributed by atoms with Gasteiger partial charge in [-0.2, -0.15) is 0 Å². The summed E-state index contributed by atoms with van der Waals surface area (Å²) in [5.74, 6) is 1.33. The molecule has 1 N–H and O–H groups in total. The number of carbonyl (C=O) groups is 1. The van der Waals surface area contributed by atoms with Gasteiger partial charge in [0.25, 0.3) is 0 Å². The molecule has 3 rings (SSSR count). The van der Waals surface area contributed by atoms with Crippen molar-refractivity contribution >= 4 is 23.2 Å². The summed E-state index contributed by atoms with van der Waals surface area (Å²) in [4.78, 5) is 12.4. The molecular formula is C18H18ClNO4. The summed E-state index contributed by atoms with van der Waals surface area (Å²) in [5.41, 5.74) is 2.57. The van der Waals surface area contributed by atoms with Crippen molar-refractivity contribution in [3.8, 4) is 17.2 Å². The number of rotatable bonds is 5. The van der Waals surface area contributed by atoms with Gasteiger partial charge in [-0.1, -0.05) is 23.7 Å². The number of nitrogens with one attached hydrogen (secondary N) is 1. The average Bonchev–Trinajstić information content (AvgIpc) is 2.88.